The first-order chi connectivity index (χ1) is 21.8. The number of aliphatic hydroxyl groups is 5. The number of fused-ring (bicyclic) bond motifs is 1. The quantitative estimate of drug-likeness (QED) is 0.0919. The van der Waals surface area contributed by atoms with Gasteiger partial charge in [0.1, 0.15) is 71.4 Å². The Balaban J connectivity index is 1.39. The maximum absolute atomic E-state index is 12.8. The molecule has 0 spiro atoms. The molecule has 2 fully saturated rings. The normalized spacial score (nSPS) is 29.5. The highest BCUT2D eigenvalue weighted by Gasteiger charge is 2.54. The predicted octanol–water partition coefficient (Wildman–Crippen LogP) is -1.46. The summed E-state index contributed by atoms with van der Waals surface area (Å²) in [6, 6.07) is 9.17. The van der Waals surface area contributed by atoms with Crippen LogP contribution in [0.3, 0.4) is 0 Å². The highest BCUT2D eigenvalue weighted by atomic mass is 16.8. The zero-order valence-electron chi connectivity index (χ0n) is 23.7. The van der Waals surface area contributed by atoms with E-state index in [1.54, 1.807) is 0 Å². The number of carboxylic acids is 1. The van der Waals surface area contributed by atoms with Crippen molar-refractivity contribution in [3.63, 3.8) is 0 Å². The number of benzene rings is 2. The second-order valence-corrected chi connectivity index (χ2v) is 10.7. The number of aliphatic hydroxyl groups excluding tert-OH is 4. The molecular weight excluding hydrogens is 620 g/mol. The molecule has 0 bridgehead atoms. The Hall–Kier alpha value is -4.33. The molecule has 46 heavy (non-hydrogen) atoms. The van der Waals surface area contributed by atoms with E-state index in [0.717, 1.165) is 12.1 Å². The molecule has 8 N–H and O–H groups in total. The molecule has 8 unspecified atom stereocenters. The summed E-state index contributed by atoms with van der Waals surface area (Å²) in [5.41, 5.74) is -2.55. The lowest BCUT2D eigenvalue weighted by Gasteiger charge is -2.42. The van der Waals surface area contributed by atoms with Gasteiger partial charge in [0.2, 0.25) is 6.29 Å². The molecule has 0 aliphatic carbocycles. The van der Waals surface area contributed by atoms with Gasteiger partial charge in [0.05, 0.1) is 13.2 Å². The number of phenolic OH excluding ortho intramolecular Hbond substituents is 2. The van der Waals surface area contributed by atoms with Crippen LogP contribution in [-0.2, 0) is 28.5 Å². The predicted molar refractivity (Wildman–Crippen MR) is 148 cm³/mol. The van der Waals surface area contributed by atoms with Crippen LogP contribution < -0.4 is 10.2 Å². The number of ether oxygens (including phenoxy) is 5. The molecule has 3 heterocycles. The average Bonchev–Trinajstić information content (AvgIpc) is 3.28. The van der Waals surface area contributed by atoms with Gasteiger partial charge in [-0.25, -0.2) is 0 Å². The first kappa shape index (κ1) is 33.0. The van der Waals surface area contributed by atoms with E-state index in [0.29, 0.717) is 5.56 Å². The number of hydrogen-bond donors (Lipinski definition) is 8. The van der Waals surface area contributed by atoms with Crippen LogP contribution >= 0.6 is 0 Å². The van der Waals surface area contributed by atoms with E-state index in [9.17, 15) is 50.1 Å². The van der Waals surface area contributed by atoms with Gasteiger partial charge in [-0.15, -0.1) is 0 Å². The third kappa shape index (κ3) is 6.76. The smallest absolute Gasteiger partial charge is 0.317 e. The minimum Gasteiger partial charge on any atom is -0.508 e. The third-order valence-corrected chi connectivity index (χ3v) is 7.39. The molecule has 3 aromatic rings. The first-order valence-corrected chi connectivity index (χ1v) is 13.7. The van der Waals surface area contributed by atoms with Crippen LogP contribution in [0, 0.1) is 0 Å². The largest absolute Gasteiger partial charge is 0.508 e. The summed E-state index contributed by atoms with van der Waals surface area (Å²) < 4.78 is 32.9. The van der Waals surface area contributed by atoms with Crippen LogP contribution in [-0.4, -0.2) is 121 Å². The number of aliphatic carboxylic acids is 1. The lowest BCUT2D eigenvalue weighted by atomic mass is 9.98. The van der Waals surface area contributed by atoms with Crippen LogP contribution in [0.15, 0.2) is 51.7 Å². The Bertz CT molecular complexity index is 1640. The van der Waals surface area contributed by atoms with E-state index in [1.165, 1.54) is 30.3 Å². The molecule has 248 valence electrons. The summed E-state index contributed by atoms with van der Waals surface area (Å²) >= 11 is 0. The highest BCUT2D eigenvalue weighted by Crippen LogP contribution is 2.35. The Kier molecular flexibility index (Phi) is 9.47. The second-order valence-electron chi connectivity index (χ2n) is 10.7. The van der Waals surface area contributed by atoms with E-state index < -0.39 is 98.1 Å². The van der Waals surface area contributed by atoms with Crippen LogP contribution in [0.1, 0.15) is 6.42 Å². The summed E-state index contributed by atoms with van der Waals surface area (Å²) in [5, 5.41) is 81.3. The van der Waals surface area contributed by atoms with Gasteiger partial charge in [0.25, 0.3) is 0 Å². The van der Waals surface area contributed by atoms with Crippen molar-refractivity contribution in [3.05, 3.63) is 52.7 Å². The Morgan fingerprint density at radius 2 is 1.72 bits per heavy atom. The number of hydrogen-bond acceptors (Lipinski definition) is 16. The molecule has 1 aromatic heterocycles. The molecule has 17 nitrogen and oxygen atoms in total. The zero-order valence-corrected chi connectivity index (χ0v) is 23.7. The first-order valence-electron chi connectivity index (χ1n) is 13.7. The van der Waals surface area contributed by atoms with Gasteiger partial charge in [-0.3, -0.25) is 14.4 Å². The number of esters is 1. The number of carbonyl (C=O) groups excluding carboxylic acids is 1. The van der Waals surface area contributed by atoms with Crippen molar-refractivity contribution < 1.29 is 78.5 Å². The molecule has 0 radical (unpaired) electrons. The van der Waals surface area contributed by atoms with Crippen LogP contribution in [0.2, 0.25) is 0 Å². The van der Waals surface area contributed by atoms with Crippen LogP contribution in [0.25, 0.3) is 22.3 Å². The lowest BCUT2D eigenvalue weighted by Crippen LogP contribution is -2.62. The maximum atomic E-state index is 12.8. The van der Waals surface area contributed by atoms with Crippen molar-refractivity contribution in [1.82, 2.24) is 0 Å². The number of aromatic hydroxyl groups is 2. The SMILES string of the molecule is O=C(O)CC(=O)OCC1(O)COC(OC2C(Oc3cc(O)c4c(=O)cc(-c5ccc(O)cc5)oc4c3)OC(CO)C(O)C2O)C1O. The fourth-order valence-corrected chi connectivity index (χ4v) is 4.94. The summed E-state index contributed by atoms with van der Waals surface area (Å²) in [5.74, 6) is -3.33. The van der Waals surface area contributed by atoms with Crippen molar-refractivity contribution in [1.29, 1.82) is 0 Å². The minimum atomic E-state index is -2.25. The Morgan fingerprint density at radius 1 is 1.00 bits per heavy atom. The molecule has 0 amide bonds. The number of carboxylic acid groups (broad SMARTS) is 1. The second kappa shape index (κ2) is 13.2. The van der Waals surface area contributed by atoms with Crippen LogP contribution in [0.5, 0.6) is 17.2 Å². The van der Waals surface area contributed by atoms with Gasteiger partial charge in [-0.1, -0.05) is 0 Å². The molecule has 2 aliphatic rings. The van der Waals surface area contributed by atoms with Gasteiger partial charge >= 0.3 is 11.9 Å². The van der Waals surface area contributed by atoms with Gasteiger partial charge in [0.15, 0.2) is 23.4 Å². The zero-order chi connectivity index (χ0) is 33.3. The van der Waals surface area contributed by atoms with Gasteiger partial charge in [0, 0.05) is 23.8 Å². The maximum Gasteiger partial charge on any atom is 0.317 e. The van der Waals surface area contributed by atoms with E-state index in [4.69, 9.17) is 33.2 Å². The highest BCUT2D eigenvalue weighted by molar-refractivity contribution is 5.90. The molecular formula is C29H30O17. The van der Waals surface area contributed by atoms with Crippen molar-refractivity contribution >= 4 is 22.9 Å². The number of carbonyl (C=O) groups is 2. The van der Waals surface area contributed by atoms with Crippen molar-refractivity contribution in [2.75, 3.05) is 19.8 Å². The van der Waals surface area contributed by atoms with Gasteiger partial charge in [-0.05, 0) is 24.3 Å². The Labute approximate surface area is 257 Å². The summed E-state index contributed by atoms with van der Waals surface area (Å²) in [6.45, 7) is -2.30. The van der Waals surface area contributed by atoms with Crippen LogP contribution in [0.4, 0.5) is 0 Å². The molecule has 17 heteroatoms. The number of phenols is 2. The average molecular weight is 651 g/mol. The van der Waals surface area contributed by atoms with Crippen molar-refractivity contribution in [2.24, 2.45) is 0 Å². The Morgan fingerprint density at radius 3 is 2.39 bits per heavy atom. The minimum absolute atomic E-state index is 0.0164. The van der Waals surface area contributed by atoms with Gasteiger partial charge < -0.3 is 69.0 Å². The lowest BCUT2D eigenvalue weighted by molar-refractivity contribution is -0.318. The number of rotatable bonds is 10. The molecule has 2 saturated heterocycles. The fraction of sp³-hybridized carbons (Fsp3) is 0.414. The van der Waals surface area contributed by atoms with E-state index >= 15 is 0 Å². The molecule has 2 aliphatic heterocycles. The molecule has 2 aromatic carbocycles. The summed E-state index contributed by atoms with van der Waals surface area (Å²) in [6.07, 6.45) is -13.0. The molecule has 5 rings (SSSR count). The van der Waals surface area contributed by atoms with Crippen molar-refractivity contribution in [3.8, 4) is 28.6 Å². The third-order valence-electron chi connectivity index (χ3n) is 7.39. The van der Waals surface area contributed by atoms with E-state index in [-0.39, 0.29) is 28.2 Å². The standard InChI is InChI=1S/C29H30O17/c30-9-19-23(37)24(38)25(46-28-26(39)29(40,11-42-28)10-41-21(36)8-20(34)35)27(45-19)43-14-5-15(32)22-16(33)7-17(44-18(22)6-14)12-1-3-13(31)4-2-12/h1-7,19,23-28,30-32,37-40H,8-11H2,(H,34,35). The summed E-state index contributed by atoms with van der Waals surface area (Å²) in [4.78, 5) is 35.1. The molecule has 0 saturated carbocycles. The monoisotopic (exact) mass is 650 g/mol. The van der Waals surface area contributed by atoms with Crippen molar-refractivity contribution in [2.45, 2.75) is 55.1 Å². The van der Waals surface area contributed by atoms with E-state index in [2.05, 4.69) is 0 Å². The fourth-order valence-electron chi connectivity index (χ4n) is 4.94. The van der Waals surface area contributed by atoms with Gasteiger partial charge in [-0.2, -0.15) is 0 Å². The topological polar surface area (TPSA) is 272 Å². The van der Waals surface area contributed by atoms with E-state index in [1.807, 2.05) is 0 Å². The molecule has 8 atom stereocenters. The summed E-state index contributed by atoms with van der Waals surface area (Å²) in [7, 11) is 0.